The molecule has 0 saturated carbocycles. The van der Waals surface area contributed by atoms with Crippen molar-refractivity contribution >= 4 is 16.0 Å². The number of aromatic nitrogens is 3. The summed E-state index contributed by atoms with van der Waals surface area (Å²) >= 11 is 0. The number of hydrogen-bond acceptors (Lipinski definition) is 5. The summed E-state index contributed by atoms with van der Waals surface area (Å²) in [5, 5.41) is 14.7. The maximum Gasteiger partial charge on any atom is 0.264 e. The van der Waals surface area contributed by atoms with Crippen LogP contribution >= 0.6 is 0 Å². The van der Waals surface area contributed by atoms with E-state index in [9.17, 15) is 8.42 Å². The standard InChI is InChI=1S/C10H9N5O2S/c1-7-4-9(3-2-8(7)5-11)18(16,17)15-10-12-6-13-14-10/h2-4,6H,1H3,(H2,12,13,14,15). The highest BCUT2D eigenvalue weighted by atomic mass is 32.2. The normalized spacial score (nSPS) is 10.9. The van der Waals surface area contributed by atoms with Gasteiger partial charge in [-0.25, -0.2) is 18.2 Å². The molecule has 0 aliphatic heterocycles. The van der Waals surface area contributed by atoms with Crippen LogP contribution in [0.2, 0.25) is 0 Å². The zero-order valence-electron chi connectivity index (χ0n) is 9.38. The van der Waals surface area contributed by atoms with E-state index in [0.717, 1.165) is 0 Å². The molecular formula is C10H9N5O2S. The SMILES string of the molecule is Cc1cc(S(=O)(=O)Nc2ncn[nH]2)ccc1C#N. The van der Waals surface area contributed by atoms with Gasteiger partial charge in [-0.2, -0.15) is 15.3 Å². The van der Waals surface area contributed by atoms with Crippen molar-refractivity contribution in [3.8, 4) is 6.07 Å². The summed E-state index contributed by atoms with van der Waals surface area (Å²) in [6, 6.07) is 6.23. The quantitative estimate of drug-likeness (QED) is 0.850. The zero-order valence-corrected chi connectivity index (χ0v) is 10.2. The molecule has 7 nitrogen and oxygen atoms in total. The van der Waals surface area contributed by atoms with Crippen molar-refractivity contribution in [3.63, 3.8) is 0 Å². The number of nitriles is 1. The number of benzene rings is 1. The lowest BCUT2D eigenvalue weighted by Crippen LogP contribution is -2.14. The fraction of sp³-hybridized carbons (Fsp3) is 0.100. The first-order valence-corrected chi connectivity index (χ1v) is 6.40. The van der Waals surface area contributed by atoms with E-state index in [4.69, 9.17) is 5.26 Å². The van der Waals surface area contributed by atoms with Crippen molar-refractivity contribution in [1.29, 1.82) is 5.26 Å². The van der Waals surface area contributed by atoms with E-state index in [1.165, 1.54) is 24.5 Å². The van der Waals surface area contributed by atoms with Gasteiger partial charge in [0, 0.05) is 0 Å². The number of hydrogen-bond donors (Lipinski definition) is 2. The molecule has 0 atom stereocenters. The molecule has 2 rings (SSSR count). The summed E-state index contributed by atoms with van der Waals surface area (Å²) in [7, 11) is -3.72. The van der Waals surface area contributed by atoms with Gasteiger partial charge in [-0.1, -0.05) is 0 Å². The molecule has 1 aromatic carbocycles. The van der Waals surface area contributed by atoms with Crippen molar-refractivity contribution < 1.29 is 8.42 Å². The Morgan fingerprint density at radius 3 is 2.78 bits per heavy atom. The number of nitrogens with zero attached hydrogens (tertiary/aromatic N) is 3. The Balaban J connectivity index is 2.36. The van der Waals surface area contributed by atoms with Crippen molar-refractivity contribution in [2.24, 2.45) is 0 Å². The van der Waals surface area contributed by atoms with Gasteiger partial charge in [0.25, 0.3) is 10.0 Å². The van der Waals surface area contributed by atoms with Gasteiger partial charge in [-0.05, 0) is 30.7 Å². The van der Waals surface area contributed by atoms with Crippen LogP contribution in [0.4, 0.5) is 5.95 Å². The summed E-state index contributed by atoms with van der Waals surface area (Å²) < 4.78 is 26.2. The largest absolute Gasteiger partial charge is 0.264 e. The molecule has 1 heterocycles. The molecule has 2 aromatic rings. The van der Waals surface area contributed by atoms with Gasteiger partial charge < -0.3 is 0 Å². The lowest BCUT2D eigenvalue weighted by Gasteiger charge is -2.06. The van der Waals surface area contributed by atoms with Crippen LogP contribution in [0.25, 0.3) is 0 Å². The maximum atomic E-state index is 12.0. The van der Waals surface area contributed by atoms with Crippen molar-refractivity contribution in [3.05, 3.63) is 35.7 Å². The number of sulfonamides is 1. The van der Waals surface area contributed by atoms with Crippen LogP contribution in [-0.4, -0.2) is 23.6 Å². The molecule has 18 heavy (non-hydrogen) atoms. The zero-order chi connectivity index (χ0) is 13.2. The van der Waals surface area contributed by atoms with Gasteiger partial charge in [0.05, 0.1) is 16.5 Å². The van der Waals surface area contributed by atoms with Crippen molar-refractivity contribution in [2.75, 3.05) is 4.72 Å². The smallest absolute Gasteiger partial charge is 0.248 e. The molecule has 0 saturated heterocycles. The van der Waals surface area contributed by atoms with E-state index >= 15 is 0 Å². The average molecular weight is 263 g/mol. The fourth-order valence-corrected chi connectivity index (χ4v) is 2.42. The Hall–Kier alpha value is -2.40. The van der Waals surface area contributed by atoms with Crippen LogP contribution in [0.15, 0.2) is 29.4 Å². The predicted octanol–water partition coefficient (Wildman–Crippen LogP) is 0.786. The molecule has 0 aliphatic rings. The monoisotopic (exact) mass is 263 g/mol. The number of aryl methyl sites for hydroxylation is 1. The lowest BCUT2D eigenvalue weighted by molar-refractivity contribution is 0.600. The number of H-pyrrole nitrogens is 1. The number of rotatable bonds is 3. The Morgan fingerprint density at radius 1 is 1.44 bits per heavy atom. The van der Waals surface area contributed by atoms with Crippen LogP contribution < -0.4 is 4.72 Å². The lowest BCUT2D eigenvalue weighted by atomic mass is 10.1. The predicted molar refractivity (Wildman–Crippen MR) is 63.1 cm³/mol. The third-order valence-corrected chi connectivity index (χ3v) is 3.61. The number of aromatic amines is 1. The molecular weight excluding hydrogens is 254 g/mol. The molecule has 0 bridgehead atoms. The molecule has 1 aromatic heterocycles. The first-order valence-electron chi connectivity index (χ1n) is 4.92. The van der Waals surface area contributed by atoms with Gasteiger partial charge in [-0.15, -0.1) is 0 Å². The molecule has 0 radical (unpaired) electrons. The summed E-state index contributed by atoms with van der Waals surface area (Å²) in [6.07, 6.45) is 1.20. The average Bonchev–Trinajstić information content (AvgIpc) is 2.81. The van der Waals surface area contributed by atoms with Crippen LogP contribution in [0.1, 0.15) is 11.1 Å². The van der Waals surface area contributed by atoms with E-state index in [0.29, 0.717) is 11.1 Å². The highest BCUT2D eigenvalue weighted by molar-refractivity contribution is 7.92. The number of anilines is 1. The third-order valence-electron chi connectivity index (χ3n) is 2.27. The van der Waals surface area contributed by atoms with E-state index in [1.54, 1.807) is 6.92 Å². The highest BCUT2D eigenvalue weighted by Gasteiger charge is 2.16. The Morgan fingerprint density at radius 2 is 2.22 bits per heavy atom. The molecule has 0 fully saturated rings. The van der Waals surface area contributed by atoms with E-state index < -0.39 is 10.0 Å². The summed E-state index contributed by atoms with van der Waals surface area (Å²) in [6.45, 7) is 1.67. The van der Waals surface area contributed by atoms with Crippen LogP contribution in [-0.2, 0) is 10.0 Å². The minimum atomic E-state index is -3.72. The van der Waals surface area contributed by atoms with Crippen molar-refractivity contribution in [2.45, 2.75) is 11.8 Å². The Kier molecular flexibility index (Phi) is 2.99. The highest BCUT2D eigenvalue weighted by Crippen LogP contribution is 2.16. The minimum absolute atomic E-state index is 0.0389. The van der Waals surface area contributed by atoms with Gasteiger partial charge in [0.1, 0.15) is 6.33 Å². The molecule has 2 N–H and O–H groups in total. The molecule has 92 valence electrons. The van der Waals surface area contributed by atoms with Crippen LogP contribution in [0.3, 0.4) is 0 Å². The van der Waals surface area contributed by atoms with Gasteiger partial charge in [0.15, 0.2) is 0 Å². The van der Waals surface area contributed by atoms with E-state index in [-0.39, 0.29) is 10.8 Å². The first-order chi connectivity index (χ1) is 8.53. The summed E-state index contributed by atoms with van der Waals surface area (Å²) in [5.74, 6) is 0.0389. The first kappa shape index (κ1) is 12.1. The second-order valence-corrected chi connectivity index (χ2v) is 5.21. The summed E-state index contributed by atoms with van der Waals surface area (Å²) in [5.41, 5.74) is 1.03. The third kappa shape index (κ3) is 2.31. The fourth-order valence-electron chi connectivity index (χ4n) is 1.37. The van der Waals surface area contributed by atoms with Crippen LogP contribution in [0, 0.1) is 18.3 Å². The second kappa shape index (κ2) is 4.46. The Bertz CT molecular complexity index is 700. The molecule has 8 heteroatoms. The van der Waals surface area contributed by atoms with Crippen LogP contribution in [0.5, 0.6) is 0 Å². The minimum Gasteiger partial charge on any atom is -0.248 e. The van der Waals surface area contributed by atoms with Crippen molar-refractivity contribution in [1.82, 2.24) is 15.2 Å². The Labute approximate surface area is 104 Å². The molecule has 0 aliphatic carbocycles. The summed E-state index contributed by atoms with van der Waals surface area (Å²) in [4.78, 5) is 3.74. The van der Waals surface area contributed by atoms with Gasteiger partial charge in [0.2, 0.25) is 5.95 Å². The van der Waals surface area contributed by atoms with E-state index in [1.807, 2.05) is 6.07 Å². The molecule has 0 unspecified atom stereocenters. The van der Waals surface area contributed by atoms with Gasteiger partial charge >= 0.3 is 0 Å². The van der Waals surface area contributed by atoms with Gasteiger partial charge in [-0.3, -0.25) is 0 Å². The molecule has 0 amide bonds. The molecule has 0 spiro atoms. The topological polar surface area (TPSA) is 112 Å². The number of nitrogens with one attached hydrogen (secondary N) is 2. The second-order valence-electron chi connectivity index (χ2n) is 3.53. The van der Waals surface area contributed by atoms with E-state index in [2.05, 4.69) is 19.9 Å². The maximum absolute atomic E-state index is 12.0.